The predicted octanol–water partition coefficient (Wildman–Crippen LogP) is 2.72. The quantitative estimate of drug-likeness (QED) is 0.731. The molecule has 0 saturated heterocycles. The number of hydrogen-bond donors (Lipinski definition) is 1. The highest BCUT2D eigenvalue weighted by Gasteiger charge is 2.26. The summed E-state index contributed by atoms with van der Waals surface area (Å²) < 4.78 is 5.25. The molecule has 84 valence electrons. The Labute approximate surface area is 96.3 Å². The van der Waals surface area contributed by atoms with Crippen molar-refractivity contribution in [3.05, 3.63) is 30.3 Å². The van der Waals surface area contributed by atoms with Crippen LogP contribution in [0.3, 0.4) is 0 Å². The first-order valence-electron chi connectivity index (χ1n) is 5.75. The van der Waals surface area contributed by atoms with Crippen molar-refractivity contribution < 1.29 is 9.84 Å². The van der Waals surface area contributed by atoms with E-state index in [0.29, 0.717) is 0 Å². The average molecular weight is 216 g/mol. The second-order valence-electron chi connectivity index (χ2n) is 4.23. The zero-order valence-electron chi connectivity index (χ0n) is 9.28. The Bertz CT molecular complexity index is 380. The van der Waals surface area contributed by atoms with Gasteiger partial charge in [-0.25, -0.2) is 0 Å². The summed E-state index contributed by atoms with van der Waals surface area (Å²) in [7, 11) is 0. The SMILES string of the molecule is OC1(C#COc2ccccc2)CCCCC1. The van der Waals surface area contributed by atoms with Crippen LogP contribution < -0.4 is 4.74 Å². The van der Waals surface area contributed by atoms with E-state index < -0.39 is 5.60 Å². The van der Waals surface area contributed by atoms with Crippen LogP contribution in [0.5, 0.6) is 5.75 Å². The molecule has 0 atom stereocenters. The lowest BCUT2D eigenvalue weighted by Crippen LogP contribution is -2.29. The van der Waals surface area contributed by atoms with Gasteiger partial charge in [0.25, 0.3) is 0 Å². The van der Waals surface area contributed by atoms with E-state index in [9.17, 15) is 5.11 Å². The lowest BCUT2D eigenvalue weighted by atomic mass is 9.86. The molecule has 0 unspecified atom stereocenters. The summed E-state index contributed by atoms with van der Waals surface area (Å²) in [5.41, 5.74) is -0.826. The fourth-order valence-corrected chi connectivity index (χ4v) is 1.93. The molecule has 1 aliphatic rings. The standard InChI is InChI=1S/C14H16O2/c15-14(9-5-2-6-10-14)11-12-16-13-7-3-1-4-8-13/h1,3-4,7-8,15H,2,5-6,9-10H2. The Kier molecular flexibility index (Phi) is 3.48. The van der Waals surface area contributed by atoms with Crippen LogP contribution in [0.4, 0.5) is 0 Å². The maximum atomic E-state index is 10.1. The van der Waals surface area contributed by atoms with E-state index in [1.165, 1.54) is 6.42 Å². The zero-order valence-corrected chi connectivity index (χ0v) is 9.28. The van der Waals surface area contributed by atoms with Gasteiger partial charge in [-0.15, -0.1) is 0 Å². The Morgan fingerprint density at radius 1 is 1.06 bits per heavy atom. The molecule has 1 N–H and O–H groups in total. The van der Waals surface area contributed by atoms with Crippen molar-refractivity contribution in [3.8, 4) is 17.8 Å². The lowest BCUT2D eigenvalue weighted by molar-refractivity contribution is 0.0604. The van der Waals surface area contributed by atoms with Crippen LogP contribution in [0.1, 0.15) is 32.1 Å². The summed E-state index contributed by atoms with van der Waals surface area (Å²) in [5.74, 6) is 3.55. The van der Waals surface area contributed by atoms with Gasteiger partial charge in [0.15, 0.2) is 0 Å². The largest absolute Gasteiger partial charge is 0.407 e. The second-order valence-corrected chi connectivity index (χ2v) is 4.23. The number of hydrogen-bond acceptors (Lipinski definition) is 2. The predicted molar refractivity (Wildman–Crippen MR) is 62.9 cm³/mol. The monoisotopic (exact) mass is 216 g/mol. The number of rotatable bonds is 1. The minimum atomic E-state index is -0.826. The topological polar surface area (TPSA) is 29.5 Å². The average Bonchev–Trinajstić information content (AvgIpc) is 2.31. The van der Waals surface area contributed by atoms with Crippen molar-refractivity contribution in [3.63, 3.8) is 0 Å². The Balaban J connectivity index is 1.94. The van der Waals surface area contributed by atoms with Crippen molar-refractivity contribution >= 4 is 0 Å². The minimum absolute atomic E-state index is 0.717. The van der Waals surface area contributed by atoms with Gasteiger partial charge in [0.1, 0.15) is 17.5 Å². The molecular weight excluding hydrogens is 200 g/mol. The third kappa shape index (κ3) is 3.01. The molecule has 2 nitrogen and oxygen atoms in total. The smallest absolute Gasteiger partial charge is 0.140 e. The van der Waals surface area contributed by atoms with Crippen molar-refractivity contribution in [2.24, 2.45) is 0 Å². The molecule has 0 spiro atoms. The molecular formula is C14H16O2. The van der Waals surface area contributed by atoms with Gasteiger partial charge in [-0.05, 0) is 43.7 Å². The molecule has 1 aliphatic carbocycles. The van der Waals surface area contributed by atoms with E-state index in [1.54, 1.807) is 0 Å². The molecule has 2 heteroatoms. The summed E-state index contributed by atoms with van der Waals surface area (Å²) in [4.78, 5) is 0. The van der Waals surface area contributed by atoms with E-state index in [-0.39, 0.29) is 0 Å². The van der Waals surface area contributed by atoms with Gasteiger partial charge in [-0.2, -0.15) is 0 Å². The maximum Gasteiger partial charge on any atom is 0.140 e. The molecule has 2 rings (SSSR count). The molecule has 1 aromatic rings. The highest BCUT2D eigenvalue weighted by Crippen LogP contribution is 2.27. The van der Waals surface area contributed by atoms with Crippen LogP contribution in [-0.4, -0.2) is 10.7 Å². The maximum absolute atomic E-state index is 10.1. The summed E-state index contributed by atoms with van der Waals surface area (Å²) in [6.45, 7) is 0. The van der Waals surface area contributed by atoms with Crippen LogP contribution in [0.2, 0.25) is 0 Å². The van der Waals surface area contributed by atoms with Gasteiger partial charge in [0, 0.05) is 0 Å². The summed E-state index contributed by atoms with van der Waals surface area (Å²) >= 11 is 0. The second kappa shape index (κ2) is 5.05. The van der Waals surface area contributed by atoms with E-state index in [4.69, 9.17) is 4.74 Å². The Hall–Kier alpha value is -1.46. The summed E-state index contributed by atoms with van der Waals surface area (Å²) in [6, 6.07) is 9.41. The van der Waals surface area contributed by atoms with Crippen LogP contribution >= 0.6 is 0 Å². The number of ether oxygens (including phenoxy) is 1. The Morgan fingerprint density at radius 2 is 1.75 bits per heavy atom. The molecule has 1 fully saturated rings. The van der Waals surface area contributed by atoms with Crippen molar-refractivity contribution in [2.45, 2.75) is 37.7 Å². The van der Waals surface area contributed by atoms with Crippen LogP contribution in [0.15, 0.2) is 30.3 Å². The van der Waals surface area contributed by atoms with Gasteiger partial charge in [-0.3, -0.25) is 0 Å². The summed E-state index contributed by atoms with van der Waals surface area (Å²) in [6.07, 6.45) is 7.44. The van der Waals surface area contributed by atoms with Gasteiger partial charge in [-0.1, -0.05) is 24.6 Å². The zero-order chi connectivity index (χ0) is 11.3. The highest BCUT2D eigenvalue weighted by atomic mass is 16.5. The first-order valence-corrected chi connectivity index (χ1v) is 5.75. The molecule has 16 heavy (non-hydrogen) atoms. The van der Waals surface area contributed by atoms with Gasteiger partial charge in [0.2, 0.25) is 0 Å². The van der Waals surface area contributed by atoms with Crippen LogP contribution in [-0.2, 0) is 0 Å². The first-order chi connectivity index (χ1) is 7.79. The van der Waals surface area contributed by atoms with Crippen LogP contribution in [0, 0.1) is 12.0 Å². The third-order valence-electron chi connectivity index (χ3n) is 2.88. The van der Waals surface area contributed by atoms with E-state index >= 15 is 0 Å². The van der Waals surface area contributed by atoms with E-state index in [0.717, 1.165) is 31.4 Å². The van der Waals surface area contributed by atoms with Crippen LogP contribution in [0.25, 0.3) is 0 Å². The third-order valence-corrected chi connectivity index (χ3v) is 2.88. The van der Waals surface area contributed by atoms with Gasteiger partial charge in [0.05, 0.1) is 0 Å². The molecule has 0 heterocycles. The van der Waals surface area contributed by atoms with E-state index in [2.05, 4.69) is 12.0 Å². The van der Waals surface area contributed by atoms with Crippen molar-refractivity contribution in [1.29, 1.82) is 0 Å². The fourth-order valence-electron chi connectivity index (χ4n) is 1.93. The number of para-hydroxylation sites is 1. The number of aliphatic hydroxyl groups is 1. The fraction of sp³-hybridized carbons (Fsp3) is 0.429. The van der Waals surface area contributed by atoms with Crippen molar-refractivity contribution in [1.82, 2.24) is 0 Å². The molecule has 0 aromatic heterocycles. The molecule has 1 aromatic carbocycles. The molecule has 1 saturated carbocycles. The minimum Gasteiger partial charge on any atom is -0.407 e. The summed E-state index contributed by atoms with van der Waals surface area (Å²) in [5, 5.41) is 10.1. The molecule has 0 aliphatic heterocycles. The lowest BCUT2D eigenvalue weighted by Gasteiger charge is -2.25. The highest BCUT2D eigenvalue weighted by molar-refractivity contribution is 5.24. The molecule has 0 amide bonds. The van der Waals surface area contributed by atoms with Gasteiger partial charge < -0.3 is 9.84 Å². The first kappa shape index (κ1) is 11.0. The number of benzene rings is 1. The molecule has 0 radical (unpaired) electrons. The molecule has 0 bridgehead atoms. The van der Waals surface area contributed by atoms with Crippen molar-refractivity contribution in [2.75, 3.05) is 0 Å². The normalized spacial score (nSPS) is 18.3. The van der Waals surface area contributed by atoms with Gasteiger partial charge >= 0.3 is 0 Å². The Morgan fingerprint density at radius 3 is 2.44 bits per heavy atom. The van der Waals surface area contributed by atoms with E-state index in [1.807, 2.05) is 30.3 Å².